The lowest BCUT2D eigenvalue weighted by atomic mass is 9.90. The number of nitrogens with one attached hydrogen (secondary N) is 2. The van der Waals surface area contributed by atoms with Crippen LogP contribution in [-0.2, 0) is 4.79 Å². The summed E-state index contributed by atoms with van der Waals surface area (Å²) >= 11 is 0. The molecule has 2 aromatic carbocycles. The highest BCUT2D eigenvalue weighted by atomic mass is 16.5. The Balaban J connectivity index is 2.12. The van der Waals surface area contributed by atoms with Crippen molar-refractivity contribution in [3.8, 4) is 5.75 Å². The zero-order chi connectivity index (χ0) is 17.1. The van der Waals surface area contributed by atoms with Gasteiger partial charge in [0.25, 0.3) is 0 Å². The number of rotatable bonds is 4. The molecule has 0 fully saturated rings. The van der Waals surface area contributed by atoms with E-state index in [9.17, 15) is 9.59 Å². The van der Waals surface area contributed by atoms with Crippen molar-refractivity contribution < 1.29 is 14.3 Å². The lowest BCUT2D eigenvalue weighted by Crippen LogP contribution is -2.44. The predicted octanol–water partition coefficient (Wildman–Crippen LogP) is 3.05. The number of methoxy groups -OCH3 is 1. The first-order chi connectivity index (χ1) is 11.6. The number of benzene rings is 2. The number of Topliss-reactive ketones (excluding diaryl/α,β-unsaturated/α-hetero) is 1. The minimum Gasteiger partial charge on any atom is -0.497 e. The van der Waals surface area contributed by atoms with E-state index in [2.05, 4.69) is 10.6 Å². The molecular weight excluding hydrogens is 304 g/mol. The molecular formula is C19H18N2O3. The van der Waals surface area contributed by atoms with Crippen molar-refractivity contribution in [2.75, 3.05) is 7.11 Å². The lowest BCUT2D eigenvalue weighted by molar-refractivity contribution is -0.113. The minimum absolute atomic E-state index is 0.0952. The number of urea groups is 1. The Morgan fingerprint density at radius 1 is 1.04 bits per heavy atom. The van der Waals surface area contributed by atoms with Gasteiger partial charge in [0.15, 0.2) is 5.78 Å². The van der Waals surface area contributed by atoms with Crippen LogP contribution < -0.4 is 15.4 Å². The van der Waals surface area contributed by atoms with Gasteiger partial charge in [-0.1, -0.05) is 42.5 Å². The fourth-order valence-corrected chi connectivity index (χ4v) is 2.82. The SMILES string of the molecule is COc1ccc([C@H]2NC(=O)NC(c3ccccc3)=C2C(C)=O)cc1. The molecule has 2 amide bonds. The smallest absolute Gasteiger partial charge is 0.320 e. The number of carbonyl (C=O) groups excluding carboxylic acids is 2. The molecule has 1 heterocycles. The first-order valence-corrected chi connectivity index (χ1v) is 7.62. The van der Waals surface area contributed by atoms with Crippen LogP contribution in [0.25, 0.3) is 5.70 Å². The molecule has 0 bridgehead atoms. The van der Waals surface area contributed by atoms with Gasteiger partial charge >= 0.3 is 6.03 Å². The molecule has 5 nitrogen and oxygen atoms in total. The van der Waals surface area contributed by atoms with E-state index in [1.54, 1.807) is 7.11 Å². The first-order valence-electron chi connectivity index (χ1n) is 7.62. The van der Waals surface area contributed by atoms with Crippen LogP contribution in [0.1, 0.15) is 24.1 Å². The fraction of sp³-hybridized carbons (Fsp3) is 0.158. The summed E-state index contributed by atoms with van der Waals surface area (Å²) in [6.45, 7) is 1.51. The number of hydrogen-bond acceptors (Lipinski definition) is 3. The van der Waals surface area contributed by atoms with Crippen LogP contribution in [-0.4, -0.2) is 18.9 Å². The van der Waals surface area contributed by atoms with Gasteiger partial charge in [0.1, 0.15) is 5.75 Å². The Morgan fingerprint density at radius 3 is 2.29 bits per heavy atom. The van der Waals surface area contributed by atoms with Crippen LogP contribution in [0.15, 0.2) is 60.2 Å². The second kappa shape index (κ2) is 6.58. The highest BCUT2D eigenvalue weighted by Crippen LogP contribution is 2.32. The summed E-state index contributed by atoms with van der Waals surface area (Å²) in [6.07, 6.45) is 0. The zero-order valence-corrected chi connectivity index (χ0v) is 13.5. The van der Waals surface area contributed by atoms with Crippen molar-refractivity contribution in [2.24, 2.45) is 0 Å². The van der Waals surface area contributed by atoms with E-state index >= 15 is 0 Å². The van der Waals surface area contributed by atoms with Crippen molar-refractivity contribution in [2.45, 2.75) is 13.0 Å². The van der Waals surface area contributed by atoms with Gasteiger partial charge in [-0.25, -0.2) is 4.79 Å². The highest BCUT2D eigenvalue weighted by Gasteiger charge is 2.31. The van der Waals surface area contributed by atoms with E-state index in [1.165, 1.54) is 6.92 Å². The van der Waals surface area contributed by atoms with E-state index in [4.69, 9.17) is 4.74 Å². The summed E-state index contributed by atoms with van der Waals surface area (Å²) in [7, 11) is 1.59. The molecule has 0 aromatic heterocycles. The minimum atomic E-state index is -0.502. The molecule has 0 saturated carbocycles. The van der Waals surface area contributed by atoms with Gasteiger partial charge in [-0.05, 0) is 30.2 Å². The Morgan fingerprint density at radius 2 is 1.71 bits per heavy atom. The summed E-state index contributed by atoms with van der Waals surface area (Å²) in [5.74, 6) is 0.623. The Kier molecular flexibility index (Phi) is 4.33. The molecule has 0 unspecified atom stereocenters. The molecule has 5 heteroatoms. The monoisotopic (exact) mass is 322 g/mol. The quantitative estimate of drug-likeness (QED) is 0.909. The van der Waals surface area contributed by atoms with Crippen molar-refractivity contribution in [1.29, 1.82) is 0 Å². The molecule has 1 atom stereocenters. The van der Waals surface area contributed by atoms with Crippen molar-refractivity contribution in [3.63, 3.8) is 0 Å². The van der Waals surface area contributed by atoms with E-state index in [0.29, 0.717) is 11.3 Å². The van der Waals surface area contributed by atoms with Crippen LogP contribution in [0.4, 0.5) is 4.79 Å². The third-order valence-electron chi connectivity index (χ3n) is 3.96. The second-order valence-electron chi connectivity index (χ2n) is 5.52. The molecule has 0 spiro atoms. The van der Waals surface area contributed by atoms with Gasteiger partial charge in [0.05, 0.1) is 18.8 Å². The maximum Gasteiger partial charge on any atom is 0.320 e. The zero-order valence-electron chi connectivity index (χ0n) is 13.5. The van der Waals surface area contributed by atoms with E-state index < -0.39 is 6.04 Å². The summed E-state index contributed by atoms with van der Waals surface area (Å²) in [5.41, 5.74) is 2.71. The number of hydrogen-bond donors (Lipinski definition) is 2. The third kappa shape index (κ3) is 3.01. The summed E-state index contributed by atoms with van der Waals surface area (Å²) in [4.78, 5) is 24.5. The van der Waals surface area contributed by atoms with Crippen LogP contribution in [0.2, 0.25) is 0 Å². The molecule has 0 aliphatic carbocycles. The van der Waals surface area contributed by atoms with E-state index in [1.807, 2.05) is 54.6 Å². The van der Waals surface area contributed by atoms with Crippen LogP contribution >= 0.6 is 0 Å². The molecule has 24 heavy (non-hydrogen) atoms. The maximum absolute atomic E-state index is 12.3. The maximum atomic E-state index is 12.3. The highest BCUT2D eigenvalue weighted by molar-refractivity contribution is 6.06. The third-order valence-corrected chi connectivity index (χ3v) is 3.96. The standard InChI is InChI=1S/C19H18N2O3/c1-12(22)16-17(13-6-4-3-5-7-13)20-19(23)21-18(16)14-8-10-15(24-2)11-9-14/h3-11,18H,1-2H3,(H2,20,21,23)/t18-/m1/s1. The number of ether oxygens (including phenoxy) is 1. The van der Waals surface area contributed by atoms with Gasteiger partial charge in [0, 0.05) is 5.57 Å². The van der Waals surface area contributed by atoms with Gasteiger partial charge in [-0.15, -0.1) is 0 Å². The van der Waals surface area contributed by atoms with E-state index in [-0.39, 0.29) is 11.8 Å². The van der Waals surface area contributed by atoms with Crippen molar-refractivity contribution in [3.05, 3.63) is 71.3 Å². The van der Waals surface area contributed by atoms with Gasteiger partial charge in [-0.2, -0.15) is 0 Å². The molecule has 1 aliphatic rings. The summed E-state index contributed by atoms with van der Waals surface area (Å²) in [5, 5.41) is 5.60. The number of amides is 2. The summed E-state index contributed by atoms with van der Waals surface area (Å²) in [6, 6.07) is 15.9. The van der Waals surface area contributed by atoms with Crippen LogP contribution in [0.3, 0.4) is 0 Å². The topological polar surface area (TPSA) is 67.4 Å². The van der Waals surface area contributed by atoms with E-state index in [0.717, 1.165) is 16.9 Å². The average molecular weight is 322 g/mol. The van der Waals surface area contributed by atoms with Crippen molar-refractivity contribution in [1.82, 2.24) is 10.6 Å². The lowest BCUT2D eigenvalue weighted by Gasteiger charge is -2.29. The van der Waals surface area contributed by atoms with Gasteiger partial charge < -0.3 is 15.4 Å². The predicted molar refractivity (Wildman–Crippen MR) is 91.4 cm³/mol. The second-order valence-corrected chi connectivity index (χ2v) is 5.52. The van der Waals surface area contributed by atoms with Crippen LogP contribution in [0, 0.1) is 0 Å². The van der Waals surface area contributed by atoms with Crippen LogP contribution in [0.5, 0.6) is 5.75 Å². The van der Waals surface area contributed by atoms with Gasteiger partial charge in [0.2, 0.25) is 0 Å². The first kappa shape index (κ1) is 15.8. The molecule has 2 aromatic rings. The average Bonchev–Trinajstić information content (AvgIpc) is 2.61. The summed E-state index contributed by atoms with van der Waals surface area (Å²) < 4.78 is 5.16. The molecule has 0 saturated heterocycles. The molecule has 2 N–H and O–H groups in total. The molecule has 3 rings (SSSR count). The molecule has 1 aliphatic heterocycles. The fourth-order valence-electron chi connectivity index (χ4n) is 2.82. The molecule has 0 radical (unpaired) electrons. The number of carbonyl (C=O) groups is 2. The Labute approximate surface area is 140 Å². The Bertz CT molecular complexity index is 795. The normalized spacial score (nSPS) is 17.1. The Hall–Kier alpha value is -3.08. The molecule has 122 valence electrons. The largest absolute Gasteiger partial charge is 0.497 e. The number of ketones is 1. The van der Waals surface area contributed by atoms with Gasteiger partial charge in [-0.3, -0.25) is 4.79 Å². The van der Waals surface area contributed by atoms with Crippen molar-refractivity contribution >= 4 is 17.5 Å².